The molecule has 17 heavy (non-hydrogen) atoms. The summed E-state index contributed by atoms with van der Waals surface area (Å²) in [7, 11) is 3.73. The first-order chi connectivity index (χ1) is 8.19. The van der Waals surface area contributed by atoms with E-state index in [-0.39, 0.29) is 0 Å². The molecule has 0 saturated carbocycles. The summed E-state index contributed by atoms with van der Waals surface area (Å²) in [6.07, 6.45) is 5.45. The maximum atomic E-state index is 5.12. The first kappa shape index (κ1) is 14.2. The smallest absolute Gasteiger partial charge is 0.0641 e. The molecule has 0 fully saturated rings. The van der Waals surface area contributed by atoms with E-state index >= 15 is 0 Å². The highest BCUT2D eigenvalue weighted by molar-refractivity contribution is 5.19. The van der Waals surface area contributed by atoms with Gasteiger partial charge in [0.1, 0.15) is 0 Å². The number of ether oxygens (including phenoxy) is 1. The maximum absolute atomic E-state index is 5.12. The lowest BCUT2D eigenvalue weighted by molar-refractivity contribution is 0.188. The Morgan fingerprint density at radius 3 is 2.82 bits per heavy atom. The monoisotopic (exact) mass is 239 g/mol. The lowest BCUT2D eigenvalue weighted by Gasteiger charge is -2.17. The van der Waals surface area contributed by atoms with E-state index in [1.165, 1.54) is 5.56 Å². The molecule has 0 aliphatic heterocycles. The first-order valence-corrected chi connectivity index (χ1v) is 6.41. The third-order valence-corrected chi connectivity index (χ3v) is 2.91. The Balaban J connectivity index is 2.64. The fourth-order valence-electron chi connectivity index (χ4n) is 2.08. The van der Waals surface area contributed by atoms with Gasteiger partial charge in [-0.25, -0.2) is 0 Å². The average molecular weight is 239 g/mol. The Morgan fingerprint density at radius 2 is 2.29 bits per heavy atom. The molecule has 0 saturated heterocycles. The topological polar surface area (TPSA) is 39.1 Å². The maximum Gasteiger partial charge on any atom is 0.0641 e. The van der Waals surface area contributed by atoms with Crippen LogP contribution in [0.3, 0.4) is 0 Å². The van der Waals surface area contributed by atoms with E-state index in [1.54, 1.807) is 7.11 Å². The van der Waals surface area contributed by atoms with Crippen molar-refractivity contribution in [3.63, 3.8) is 0 Å². The van der Waals surface area contributed by atoms with Crippen molar-refractivity contribution >= 4 is 0 Å². The predicted molar refractivity (Wildman–Crippen MR) is 70.1 cm³/mol. The minimum Gasteiger partial charge on any atom is -0.385 e. The van der Waals surface area contributed by atoms with E-state index in [4.69, 9.17) is 4.74 Å². The van der Waals surface area contributed by atoms with Gasteiger partial charge in [-0.2, -0.15) is 5.10 Å². The van der Waals surface area contributed by atoms with Crippen LogP contribution < -0.4 is 5.32 Å². The van der Waals surface area contributed by atoms with Crippen molar-refractivity contribution in [3.05, 3.63) is 17.5 Å². The van der Waals surface area contributed by atoms with Crippen LogP contribution in [0.1, 0.15) is 43.5 Å². The number of methoxy groups -OCH3 is 1. The van der Waals surface area contributed by atoms with E-state index < -0.39 is 0 Å². The van der Waals surface area contributed by atoms with Crippen LogP contribution in [-0.4, -0.2) is 30.0 Å². The van der Waals surface area contributed by atoms with Gasteiger partial charge in [0, 0.05) is 38.6 Å². The van der Waals surface area contributed by atoms with Gasteiger partial charge >= 0.3 is 0 Å². The summed E-state index contributed by atoms with van der Waals surface area (Å²) in [5.74, 6) is 0. The molecule has 0 bridgehead atoms. The standard InChI is InChI=1S/C13H25N3O/c1-5-8-14-13(7-6-9-17-4)12-10-16(3)15-11(12)2/h10,13-14H,5-9H2,1-4H3. The molecule has 1 heterocycles. The summed E-state index contributed by atoms with van der Waals surface area (Å²) in [5.41, 5.74) is 2.44. The largest absolute Gasteiger partial charge is 0.385 e. The molecule has 1 rings (SSSR count). The number of aromatic nitrogens is 2. The lowest BCUT2D eigenvalue weighted by atomic mass is 10.0. The number of hydrogen-bond acceptors (Lipinski definition) is 3. The zero-order chi connectivity index (χ0) is 12.7. The summed E-state index contributed by atoms with van der Waals surface area (Å²) in [4.78, 5) is 0. The fraction of sp³-hybridized carbons (Fsp3) is 0.769. The lowest BCUT2D eigenvalue weighted by Crippen LogP contribution is -2.22. The van der Waals surface area contributed by atoms with Crippen molar-refractivity contribution in [1.82, 2.24) is 15.1 Å². The molecule has 4 nitrogen and oxygen atoms in total. The van der Waals surface area contributed by atoms with Crippen LogP contribution in [0.4, 0.5) is 0 Å². The van der Waals surface area contributed by atoms with Crippen LogP contribution in [0.15, 0.2) is 6.20 Å². The van der Waals surface area contributed by atoms with Crippen molar-refractivity contribution in [3.8, 4) is 0 Å². The minimum absolute atomic E-state index is 0.402. The average Bonchev–Trinajstić information content (AvgIpc) is 2.63. The zero-order valence-electron chi connectivity index (χ0n) is 11.5. The molecule has 0 aliphatic carbocycles. The fourth-order valence-corrected chi connectivity index (χ4v) is 2.08. The van der Waals surface area contributed by atoms with Gasteiger partial charge in [0.05, 0.1) is 5.69 Å². The third kappa shape index (κ3) is 4.48. The summed E-state index contributed by atoms with van der Waals surface area (Å²) < 4.78 is 7.01. The molecular formula is C13H25N3O. The molecule has 0 radical (unpaired) electrons. The highest BCUT2D eigenvalue weighted by Crippen LogP contribution is 2.21. The second kappa shape index (κ2) is 7.45. The summed E-state index contributed by atoms with van der Waals surface area (Å²) in [6.45, 7) is 6.14. The Morgan fingerprint density at radius 1 is 1.53 bits per heavy atom. The molecule has 0 aromatic carbocycles. The Labute approximate surface area is 104 Å². The van der Waals surface area contributed by atoms with Crippen molar-refractivity contribution in [1.29, 1.82) is 0 Å². The minimum atomic E-state index is 0.402. The van der Waals surface area contributed by atoms with Crippen LogP contribution >= 0.6 is 0 Å². The number of nitrogens with one attached hydrogen (secondary N) is 1. The number of rotatable bonds is 8. The Bertz CT molecular complexity index is 322. The molecule has 1 unspecified atom stereocenters. The summed E-state index contributed by atoms with van der Waals surface area (Å²) >= 11 is 0. The first-order valence-electron chi connectivity index (χ1n) is 6.41. The normalized spacial score (nSPS) is 12.9. The molecule has 1 aromatic heterocycles. The van der Waals surface area contributed by atoms with Gasteiger partial charge in [-0.05, 0) is 32.7 Å². The van der Waals surface area contributed by atoms with Crippen LogP contribution in [0, 0.1) is 6.92 Å². The number of nitrogens with zero attached hydrogens (tertiary/aromatic N) is 2. The molecule has 0 spiro atoms. The second-order valence-corrected chi connectivity index (χ2v) is 4.49. The summed E-state index contributed by atoms with van der Waals surface area (Å²) in [5, 5.41) is 8.00. The number of aryl methyl sites for hydroxylation is 2. The van der Waals surface area contributed by atoms with E-state index in [0.717, 1.165) is 38.1 Å². The molecule has 1 N–H and O–H groups in total. The molecule has 4 heteroatoms. The highest BCUT2D eigenvalue weighted by Gasteiger charge is 2.15. The SMILES string of the molecule is CCCNC(CCCOC)c1cn(C)nc1C. The van der Waals surface area contributed by atoms with Crippen LogP contribution in [0.5, 0.6) is 0 Å². The van der Waals surface area contributed by atoms with E-state index in [9.17, 15) is 0 Å². The van der Waals surface area contributed by atoms with Crippen molar-refractivity contribution in [2.45, 2.75) is 39.2 Å². The van der Waals surface area contributed by atoms with Gasteiger partial charge in [-0.3, -0.25) is 4.68 Å². The predicted octanol–water partition coefficient (Wildman–Crippen LogP) is 2.20. The summed E-state index contributed by atoms with van der Waals surface area (Å²) in [6, 6.07) is 0.402. The van der Waals surface area contributed by atoms with E-state index in [2.05, 4.69) is 30.5 Å². The van der Waals surface area contributed by atoms with Gasteiger partial charge in [0.15, 0.2) is 0 Å². The van der Waals surface area contributed by atoms with Gasteiger partial charge in [-0.1, -0.05) is 6.92 Å². The molecule has 0 amide bonds. The van der Waals surface area contributed by atoms with Crippen molar-refractivity contribution in [2.24, 2.45) is 7.05 Å². The zero-order valence-corrected chi connectivity index (χ0v) is 11.5. The van der Waals surface area contributed by atoms with Crippen molar-refractivity contribution < 1.29 is 4.74 Å². The van der Waals surface area contributed by atoms with Crippen LogP contribution in [0.25, 0.3) is 0 Å². The van der Waals surface area contributed by atoms with Gasteiger partial charge in [-0.15, -0.1) is 0 Å². The third-order valence-electron chi connectivity index (χ3n) is 2.91. The molecular weight excluding hydrogens is 214 g/mol. The van der Waals surface area contributed by atoms with Gasteiger partial charge in [0.2, 0.25) is 0 Å². The molecule has 98 valence electrons. The van der Waals surface area contributed by atoms with Crippen LogP contribution in [-0.2, 0) is 11.8 Å². The Hall–Kier alpha value is -0.870. The molecule has 1 aromatic rings. The molecule has 1 atom stereocenters. The number of hydrogen-bond donors (Lipinski definition) is 1. The molecule has 0 aliphatic rings. The Kier molecular flexibility index (Phi) is 6.22. The van der Waals surface area contributed by atoms with Gasteiger partial charge in [0.25, 0.3) is 0 Å². The van der Waals surface area contributed by atoms with E-state index in [0.29, 0.717) is 6.04 Å². The highest BCUT2D eigenvalue weighted by atomic mass is 16.5. The van der Waals surface area contributed by atoms with Crippen LogP contribution in [0.2, 0.25) is 0 Å². The van der Waals surface area contributed by atoms with E-state index in [1.807, 2.05) is 11.7 Å². The van der Waals surface area contributed by atoms with Crippen molar-refractivity contribution in [2.75, 3.05) is 20.3 Å². The second-order valence-electron chi connectivity index (χ2n) is 4.49. The van der Waals surface area contributed by atoms with Gasteiger partial charge < -0.3 is 10.1 Å². The quantitative estimate of drug-likeness (QED) is 0.707.